The fourth-order valence-corrected chi connectivity index (χ4v) is 3.63. The Morgan fingerprint density at radius 2 is 1.66 bits per heavy atom. The third-order valence-electron chi connectivity index (χ3n) is 5.70. The van der Waals surface area contributed by atoms with Crippen molar-refractivity contribution in [2.24, 2.45) is 0 Å². The lowest BCUT2D eigenvalue weighted by atomic mass is 9.87. The molecule has 0 spiro atoms. The molecule has 0 unspecified atom stereocenters. The van der Waals surface area contributed by atoms with E-state index in [1.807, 2.05) is 54.6 Å². The molecule has 0 saturated heterocycles. The maximum atomic E-state index is 12.6. The smallest absolute Gasteiger partial charge is 0.255 e. The summed E-state index contributed by atoms with van der Waals surface area (Å²) >= 11 is 0. The maximum Gasteiger partial charge on any atom is 0.255 e. The van der Waals surface area contributed by atoms with Gasteiger partial charge >= 0.3 is 0 Å². The first kappa shape index (κ1) is 21.8. The van der Waals surface area contributed by atoms with Crippen LogP contribution in [0, 0.1) is 0 Å². The van der Waals surface area contributed by atoms with Gasteiger partial charge < -0.3 is 9.73 Å². The van der Waals surface area contributed by atoms with E-state index in [1.54, 1.807) is 0 Å². The van der Waals surface area contributed by atoms with E-state index in [0.29, 0.717) is 23.8 Å². The van der Waals surface area contributed by atoms with Crippen LogP contribution >= 0.6 is 0 Å². The van der Waals surface area contributed by atoms with Crippen LogP contribution in [0.25, 0.3) is 11.1 Å². The molecule has 4 aromatic rings. The highest BCUT2D eigenvalue weighted by Crippen LogP contribution is 2.24. The topological polar surface area (TPSA) is 55.1 Å². The minimum Gasteiger partial charge on any atom is -0.440 e. The van der Waals surface area contributed by atoms with Crippen LogP contribution in [0.3, 0.4) is 0 Å². The molecule has 1 N–H and O–H groups in total. The zero-order valence-corrected chi connectivity index (χ0v) is 19.4. The molecule has 4 rings (SSSR count). The standard InChI is InChI=1S/C28H30N2O2/c1-18(2)21-10-15-25-24(17-21)30-26(32-25)16-19-6-13-23(14-7-19)29-27(31)20-8-11-22(12-9-20)28(3,4)5/h6-15,17-18H,16H2,1-5H3,(H,29,31). The lowest BCUT2D eigenvalue weighted by Gasteiger charge is -2.19. The quantitative estimate of drug-likeness (QED) is 0.370. The van der Waals surface area contributed by atoms with E-state index in [0.717, 1.165) is 22.4 Å². The van der Waals surface area contributed by atoms with Crippen LogP contribution in [-0.4, -0.2) is 10.9 Å². The second kappa shape index (κ2) is 8.62. The molecule has 0 atom stereocenters. The van der Waals surface area contributed by atoms with Gasteiger partial charge in [-0.05, 0) is 64.4 Å². The van der Waals surface area contributed by atoms with E-state index in [1.165, 1.54) is 11.1 Å². The monoisotopic (exact) mass is 426 g/mol. The molecule has 4 heteroatoms. The van der Waals surface area contributed by atoms with Crippen molar-refractivity contribution in [1.82, 2.24) is 4.98 Å². The first-order valence-electron chi connectivity index (χ1n) is 11.1. The summed E-state index contributed by atoms with van der Waals surface area (Å²) in [7, 11) is 0. The van der Waals surface area contributed by atoms with E-state index in [2.05, 4.69) is 57.1 Å². The Bertz CT molecular complexity index is 1230. The average Bonchev–Trinajstić information content (AvgIpc) is 3.16. The highest BCUT2D eigenvalue weighted by molar-refractivity contribution is 6.04. The molecule has 164 valence electrons. The number of hydrogen-bond acceptors (Lipinski definition) is 3. The molecule has 0 aliphatic rings. The number of benzene rings is 3. The number of oxazole rings is 1. The van der Waals surface area contributed by atoms with Gasteiger partial charge in [0.15, 0.2) is 11.5 Å². The predicted molar refractivity (Wildman–Crippen MR) is 130 cm³/mol. The fourth-order valence-electron chi connectivity index (χ4n) is 3.63. The van der Waals surface area contributed by atoms with Gasteiger partial charge in [-0.3, -0.25) is 4.79 Å². The third-order valence-corrected chi connectivity index (χ3v) is 5.70. The van der Waals surface area contributed by atoms with Crippen molar-refractivity contribution in [3.05, 3.63) is 94.9 Å². The Morgan fingerprint density at radius 1 is 0.969 bits per heavy atom. The molecule has 0 aliphatic carbocycles. The highest BCUT2D eigenvalue weighted by Gasteiger charge is 2.14. The van der Waals surface area contributed by atoms with Gasteiger partial charge in [-0.1, -0.05) is 65.0 Å². The molecule has 0 saturated carbocycles. The molecule has 0 fully saturated rings. The summed E-state index contributed by atoms with van der Waals surface area (Å²) in [5, 5.41) is 2.97. The highest BCUT2D eigenvalue weighted by atomic mass is 16.3. The minimum absolute atomic E-state index is 0.0657. The third kappa shape index (κ3) is 4.91. The second-order valence-corrected chi connectivity index (χ2v) is 9.64. The molecule has 0 aliphatic heterocycles. The van der Waals surface area contributed by atoms with Crippen molar-refractivity contribution in [2.75, 3.05) is 5.32 Å². The average molecular weight is 427 g/mol. The largest absolute Gasteiger partial charge is 0.440 e. The summed E-state index contributed by atoms with van der Waals surface area (Å²) in [6.07, 6.45) is 0.605. The molecule has 1 aromatic heterocycles. The van der Waals surface area contributed by atoms with Crippen LogP contribution in [0.2, 0.25) is 0 Å². The van der Waals surface area contributed by atoms with Gasteiger partial charge in [-0.2, -0.15) is 0 Å². The van der Waals surface area contributed by atoms with Crippen LogP contribution in [0.15, 0.2) is 71.1 Å². The zero-order chi connectivity index (χ0) is 22.9. The van der Waals surface area contributed by atoms with Gasteiger partial charge in [0.05, 0.1) is 0 Å². The van der Waals surface area contributed by atoms with Gasteiger partial charge in [0.25, 0.3) is 5.91 Å². The number of rotatable bonds is 5. The van der Waals surface area contributed by atoms with Gasteiger partial charge in [-0.25, -0.2) is 4.98 Å². The summed E-state index contributed by atoms with van der Waals surface area (Å²) in [6, 6.07) is 21.8. The molecule has 0 radical (unpaired) electrons. The lowest BCUT2D eigenvalue weighted by molar-refractivity contribution is 0.102. The summed E-state index contributed by atoms with van der Waals surface area (Å²) in [5.41, 5.74) is 6.72. The first-order chi connectivity index (χ1) is 15.2. The summed E-state index contributed by atoms with van der Waals surface area (Å²) in [4.78, 5) is 17.2. The van der Waals surface area contributed by atoms with Crippen LogP contribution in [-0.2, 0) is 11.8 Å². The summed E-state index contributed by atoms with van der Waals surface area (Å²) < 4.78 is 5.91. The molecule has 32 heavy (non-hydrogen) atoms. The predicted octanol–water partition coefficient (Wildman–Crippen LogP) is 7.09. The SMILES string of the molecule is CC(C)c1ccc2oc(Cc3ccc(NC(=O)c4ccc(C(C)(C)C)cc4)cc3)nc2c1. The molecular weight excluding hydrogens is 396 g/mol. The number of nitrogens with one attached hydrogen (secondary N) is 1. The second-order valence-electron chi connectivity index (χ2n) is 9.64. The number of aromatic nitrogens is 1. The van der Waals surface area contributed by atoms with Crippen molar-refractivity contribution >= 4 is 22.7 Å². The Hall–Kier alpha value is -3.40. The lowest BCUT2D eigenvalue weighted by Crippen LogP contribution is -2.14. The number of hydrogen-bond donors (Lipinski definition) is 1. The van der Waals surface area contributed by atoms with Gasteiger partial charge in [0, 0.05) is 17.7 Å². The molecule has 1 heterocycles. The van der Waals surface area contributed by atoms with Crippen molar-refractivity contribution in [3.63, 3.8) is 0 Å². The van der Waals surface area contributed by atoms with E-state index in [4.69, 9.17) is 4.42 Å². The van der Waals surface area contributed by atoms with E-state index in [-0.39, 0.29) is 11.3 Å². The van der Waals surface area contributed by atoms with Crippen molar-refractivity contribution in [2.45, 2.75) is 52.4 Å². The Morgan fingerprint density at radius 3 is 2.28 bits per heavy atom. The van der Waals surface area contributed by atoms with Crippen molar-refractivity contribution in [3.8, 4) is 0 Å². The Labute approximate surface area is 189 Å². The number of amides is 1. The Balaban J connectivity index is 1.42. The van der Waals surface area contributed by atoms with E-state index >= 15 is 0 Å². The number of nitrogens with zero attached hydrogens (tertiary/aromatic N) is 1. The summed E-state index contributed by atoms with van der Waals surface area (Å²) in [5.74, 6) is 1.04. The van der Waals surface area contributed by atoms with Gasteiger partial charge in [0.1, 0.15) is 5.52 Å². The molecule has 0 bridgehead atoms. The number of anilines is 1. The van der Waals surface area contributed by atoms with Crippen LogP contribution < -0.4 is 5.32 Å². The zero-order valence-electron chi connectivity index (χ0n) is 19.4. The van der Waals surface area contributed by atoms with Gasteiger partial charge in [0.2, 0.25) is 0 Å². The first-order valence-corrected chi connectivity index (χ1v) is 11.1. The molecule has 3 aromatic carbocycles. The number of fused-ring (bicyclic) bond motifs is 1. The number of carbonyl (C=O) groups excluding carboxylic acids is 1. The van der Waals surface area contributed by atoms with Gasteiger partial charge in [-0.15, -0.1) is 0 Å². The normalized spacial score (nSPS) is 11.8. The minimum atomic E-state index is -0.113. The maximum absolute atomic E-state index is 12.6. The van der Waals surface area contributed by atoms with Crippen LogP contribution in [0.1, 0.15) is 73.5 Å². The fraction of sp³-hybridized carbons (Fsp3) is 0.286. The van der Waals surface area contributed by atoms with Crippen molar-refractivity contribution < 1.29 is 9.21 Å². The molecule has 1 amide bonds. The van der Waals surface area contributed by atoms with Crippen molar-refractivity contribution in [1.29, 1.82) is 0 Å². The van der Waals surface area contributed by atoms with Crippen LogP contribution in [0.5, 0.6) is 0 Å². The molecule has 4 nitrogen and oxygen atoms in total. The van der Waals surface area contributed by atoms with E-state index < -0.39 is 0 Å². The molecular formula is C28H30N2O2. The number of carbonyl (C=O) groups is 1. The van der Waals surface area contributed by atoms with E-state index in [9.17, 15) is 4.79 Å². The Kier molecular flexibility index (Phi) is 5.88. The van der Waals surface area contributed by atoms with Crippen LogP contribution in [0.4, 0.5) is 5.69 Å². The summed E-state index contributed by atoms with van der Waals surface area (Å²) in [6.45, 7) is 10.8.